The maximum Gasteiger partial charge on any atom is 0.242 e. The van der Waals surface area contributed by atoms with Crippen LogP contribution >= 0.6 is 11.8 Å². The Morgan fingerprint density at radius 2 is 1.84 bits per heavy atom. The number of H-pyrrole nitrogens is 1. The van der Waals surface area contributed by atoms with Crippen LogP contribution in [0.4, 0.5) is 5.69 Å². The third kappa shape index (κ3) is 5.18. The quantitative estimate of drug-likeness (QED) is 0.350. The summed E-state index contributed by atoms with van der Waals surface area (Å²) < 4.78 is 5.26. The van der Waals surface area contributed by atoms with Gasteiger partial charge in [-0.1, -0.05) is 79.3 Å². The molecule has 162 valence electrons. The average molecular weight is 445 g/mol. The van der Waals surface area contributed by atoms with E-state index in [0.29, 0.717) is 22.4 Å². The number of aryl methyl sites for hydroxylation is 1. The molecule has 4 rings (SSSR count). The zero-order valence-corrected chi connectivity index (χ0v) is 18.7. The van der Waals surface area contributed by atoms with E-state index in [2.05, 4.69) is 39.6 Å². The molecule has 1 amide bonds. The summed E-state index contributed by atoms with van der Waals surface area (Å²) in [6.07, 6.45) is 0.985. The normalized spacial score (nSPS) is 11.7. The van der Waals surface area contributed by atoms with E-state index in [0.717, 1.165) is 17.5 Å². The molecule has 1 aromatic heterocycles. The number of aromatic amines is 1. The Balaban J connectivity index is 1.56. The summed E-state index contributed by atoms with van der Waals surface area (Å²) in [5.74, 6) is 1.20. The largest absolute Gasteiger partial charge is 0.497 e. The first-order valence-electron chi connectivity index (χ1n) is 10.3. The minimum absolute atomic E-state index is 0.159. The van der Waals surface area contributed by atoms with E-state index in [-0.39, 0.29) is 5.91 Å². The van der Waals surface area contributed by atoms with Crippen molar-refractivity contribution >= 4 is 23.4 Å². The predicted octanol–water partition coefficient (Wildman–Crippen LogP) is 5.51. The van der Waals surface area contributed by atoms with Gasteiger partial charge in [0.2, 0.25) is 11.1 Å². The van der Waals surface area contributed by atoms with Gasteiger partial charge >= 0.3 is 0 Å². The summed E-state index contributed by atoms with van der Waals surface area (Å²) in [4.78, 5) is 17.8. The second-order valence-electron chi connectivity index (χ2n) is 7.15. The molecule has 0 bridgehead atoms. The van der Waals surface area contributed by atoms with E-state index in [4.69, 9.17) is 4.74 Å². The molecule has 1 unspecified atom stereocenters. The molecule has 2 N–H and O–H groups in total. The fourth-order valence-corrected chi connectivity index (χ4v) is 4.15. The van der Waals surface area contributed by atoms with E-state index in [1.807, 2.05) is 60.7 Å². The molecule has 0 aliphatic carbocycles. The lowest BCUT2D eigenvalue weighted by Gasteiger charge is -2.16. The van der Waals surface area contributed by atoms with Gasteiger partial charge in [-0.15, -0.1) is 5.10 Å². The van der Waals surface area contributed by atoms with Gasteiger partial charge in [0.15, 0.2) is 5.82 Å². The highest BCUT2D eigenvalue weighted by Gasteiger charge is 2.24. The molecule has 7 heteroatoms. The molecule has 0 fully saturated rings. The van der Waals surface area contributed by atoms with Crippen LogP contribution in [-0.4, -0.2) is 28.2 Å². The number of ether oxygens (including phenoxy) is 1. The van der Waals surface area contributed by atoms with Gasteiger partial charge in [-0.05, 0) is 29.7 Å². The number of thioether (sulfide) groups is 1. The van der Waals surface area contributed by atoms with E-state index in [9.17, 15) is 4.79 Å². The number of anilines is 1. The van der Waals surface area contributed by atoms with Crippen molar-refractivity contribution in [1.82, 2.24) is 15.2 Å². The van der Waals surface area contributed by atoms with Gasteiger partial charge in [-0.25, -0.2) is 4.98 Å². The SMILES string of the molecule is CCc1ccc(-c2nc(SC(C(=O)Nc3cccc(OC)c3)c3ccccc3)n[nH]2)cc1. The topological polar surface area (TPSA) is 79.9 Å². The van der Waals surface area contributed by atoms with E-state index in [1.54, 1.807) is 13.2 Å². The number of nitrogens with zero attached hydrogens (tertiary/aromatic N) is 2. The molecule has 1 heterocycles. The fraction of sp³-hybridized carbons (Fsp3) is 0.160. The molecule has 0 saturated heterocycles. The van der Waals surface area contributed by atoms with Crippen LogP contribution < -0.4 is 10.1 Å². The Hall–Kier alpha value is -3.58. The van der Waals surface area contributed by atoms with Crippen molar-refractivity contribution in [2.24, 2.45) is 0 Å². The zero-order valence-electron chi connectivity index (χ0n) is 17.9. The Morgan fingerprint density at radius 1 is 1.06 bits per heavy atom. The molecule has 3 aromatic carbocycles. The van der Waals surface area contributed by atoms with Crippen LogP contribution in [0.15, 0.2) is 84.0 Å². The van der Waals surface area contributed by atoms with Crippen LogP contribution in [0.25, 0.3) is 11.4 Å². The van der Waals surface area contributed by atoms with Gasteiger partial charge in [0, 0.05) is 17.3 Å². The van der Waals surface area contributed by atoms with Crippen LogP contribution in [-0.2, 0) is 11.2 Å². The average Bonchev–Trinajstić information content (AvgIpc) is 3.32. The summed E-state index contributed by atoms with van der Waals surface area (Å²) in [5.41, 5.74) is 3.76. The van der Waals surface area contributed by atoms with Crippen LogP contribution in [0, 0.1) is 0 Å². The first kappa shape index (κ1) is 21.6. The molecule has 0 radical (unpaired) electrons. The van der Waals surface area contributed by atoms with Gasteiger partial charge in [-0.3, -0.25) is 9.89 Å². The molecular formula is C25H24N4O2S. The summed E-state index contributed by atoms with van der Waals surface area (Å²) in [5, 5.41) is 10.3. The Labute approximate surface area is 191 Å². The number of carbonyl (C=O) groups is 1. The molecule has 0 aliphatic heterocycles. The number of methoxy groups -OCH3 is 1. The van der Waals surface area contributed by atoms with Crippen LogP contribution in [0.2, 0.25) is 0 Å². The van der Waals surface area contributed by atoms with Gasteiger partial charge in [-0.2, -0.15) is 0 Å². The van der Waals surface area contributed by atoms with E-state index >= 15 is 0 Å². The highest BCUT2D eigenvalue weighted by atomic mass is 32.2. The van der Waals surface area contributed by atoms with Crippen molar-refractivity contribution in [2.75, 3.05) is 12.4 Å². The van der Waals surface area contributed by atoms with Crippen molar-refractivity contribution in [3.05, 3.63) is 90.0 Å². The smallest absolute Gasteiger partial charge is 0.242 e. The fourth-order valence-electron chi connectivity index (χ4n) is 3.24. The minimum Gasteiger partial charge on any atom is -0.497 e. The summed E-state index contributed by atoms with van der Waals surface area (Å²) in [6, 6.07) is 25.1. The standard InChI is InChI=1S/C25H24N4O2S/c1-3-17-12-14-19(15-13-17)23-27-25(29-28-23)32-22(18-8-5-4-6-9-18)24(30)26-20-10-7-11-21(16-20)31-2/h4-16,22H,3H2,1-2H3,(H,26,30)(H,27,28,29). The number of hydrogen-bond donors (Lipinski definition) is 2. The summed E-state index contributed by atoms with van der Waals surface area (Å²) >= 11 is 1.31. The number of amides is 1. The number of hydrogen-bond acceptors (Lipinski definition) is 5. The van der Waals surface area contributed by atoms with E-state index in [1.165, 1.54) is 17.3 Å². The van der Waals surface area contributed by atoms with Crippen molar-refractivity contribution in [2.45, 2.75) is 23.8 Å². The molecule has 6 nitrogen and oxygen atoms in total. The molecule has 4 aromatic rings. The second kappa shape index (κ2) is 10.2. The zero-order chi connectivity index (χ0) is 22.3. The highest BCUT2D eigenvalue weighted by molar-refractivity contribution is 8.00. The Kier molecular flexibility index (Phi) is 6.87. The molecule has 0 spiro atoms. The predicted molar refractivity (Wildman–Crippen MR) is 128 cm³/mol. The number of nitrogens with one attached hydrogen (secondary N) is 2. The van der Waals surface area contributed by atoms with Gasteiger partial charge < -0.3 is 10.1 Å². The maximum atomic E-state index is 13.2. The molecule has 1 atom stereocenters. The van der Waals surface area contributed by atoms with Crippen LogP contribution in [0.5, 0.6) is 5.75 Å². The number of carbonyl (C=O) groups excluding carboxylic acids is 1. The van der Waals surface area contributed by atoms with E-state index < -0.39 is 5.25 Å². The second-order valence-corrected chi connectivity index (χ2v) is 8.22. The van der Waals surface area contributed by atoms with Crippen LogP contribution in [0.3, 0.4) is 0 Å². The van der Waals surface area contributed by atoms with Crippen LogP contribution in [0.1, 0.15) is 23.3 Å². The Morgan fingerprint density at radius 3 is 2.56 bits per heavy atom. The number of benzene rings is 3. The molecule has 0 saturated carbocycles. The first-order valence-corrected chi connectivity index (χ1v) is 11.2. The highest BCUT2D eigenvalue weighted by Crippen LogP contribution is 2.35. The molecular weight excluding hydrogens is 420 g/mol. The Bertz CT molecular complexity index is 1180. The monoisotopic (exact) mass is 444 g/mol. The lowest BCUT2D eigenvalue weighted by molar-refractivity contribution is -0.115. The first-order chi connectivity index (χ1) is 15.7. The maximum absolute atomic E-state index is 13.2. The van der Waals surface area contributed by atoms with Gasteiger partial charge in [0.25, 0.3) is 0 Å². The minimum atomic E-state index is -0.520. The lowest BCUT2D eigenvalue weighted by Crippen LogP contribution is -2.19. The van der Waals surface area contributed by atoms with Crippen molar-refractivity contribution in [1.29, 1.82) is 0 Å². The number of rotatable bonds is 8. The summed E-state index contributed by atoms with van der Waals surface area (Å²) in [6.45, 7) is 2.12. The molecule has 0 aliphatic rings. The van der Waals surface area contributed by atoms with Crippen molar-refractivity contribution in [3.8, 4) is 17.1 Å². The van der Waals surface area contributed by atoms with Crippen molar-refractivity contribution in [3.63, 3.8) is 0 Å². The lowest BCUT2D eigenvalue weighted by atomic mass is 10.1. The summed E-state index contributed by atoms with van der Waals surface area (Å²) in [7, 11) is 1.60. The van der Waals surface area contributed by atoms with Gasteiger partial charge in [0.05, 0.1) is 7.11 Å². The molecule has 32 heavy (non-hydrogen) atoms. The van der Waals surface area contributed by atoms with Crippen molar-refractivity contribution < 1.29 is 9.53 Å². The van der Waals surface area contributed by atoms with Gasteiger partial charge in [0.1, 0.15) is 11.0 Å². The third-order valence-electron chi connectivity index (χ3n) is 5.00. The number of aromatic nitrogens is 3. The third-order valence-corrected chi connectivity index (χ3v) is 6.12.